The van der Waals surface area contributed by atoms with E-state index in [2.05, 4.69) is 26.9 Å². The molecular formula is C13H21N5O2S. The first kappa shape index (κ1) is 15.8. The number of nitrogens with one attached hydrogen (secondary N) is 2. The largest absolute Gasteiger partial charge is 0.363 e. The Balaban J connectivity index is 2.22. The van der Waals surface area contributed by atoms with Crippen molar-refractivity contribution in [3.8, 4) is 0 Å². The maximum Gasteiger partial charge on any atom is 0.332 e. The quantitative estimate of drug-likeness (QED) is 0.563. The van der Waals surface area contributed by atoms with Crippen LogP contribution in [0.5, 0.6) is 0 Å². The van der Waals surface area contributed by atoms with Gasteiger partial charge in [0.15, 0.2) is 0 Å². The zero-order valence-electron chi connectivity index (χ0n) is 12.6. The third-order valence-corrected chi connectivity index (χ3v) is 5.01. The number of hydrogen-bond donors (Lipinski definition) is 2. The van der Waals surface area contributed by atoms with Gasteiger partial charge in [-0.2, -0.15) is 16.7 Å². The summed E-state index contributed by atoms with van der Waals surface area (Å²) < 4.78 is 0.212. The number of nitrogens with zero attached hydrogens (tertiary/aromatic N) is 3. The summed E-state index contributed by atoms with van der Waals surface area (Å²) in [6.07, 6.45) is 5.29. The van der Waals surface area contributed by atoms with Gasteiger partial charge in [-0.15, -0.1) is 0 Å². The molecule has 1 aromatic heterocycles. The second-order valence-corrected chi connectivity index (χ2v) is 6.53. The van der Waals surface area contributed by atoms with Gasteiger partial charge in [-0.25, -0.2) is 4.98 Å². The second-order valence-electron chi connectivity index (χ2n) is 5.25. The summed E-state index contributed by atoms with van der Waals surface area (Å²) in [6, 6.07) is 0. The van der Waals surface area contributed by atoms with E-state index in [4.69, 9.17) is 0 Å². The molecule has 2 N–H and O–H groups in total. The van der Waals surface area contributed by atoms with E-state index in [9.17, 15) is 10.1 Å². The molecule has 0 amide bonds. The van der Waals surface area contributed by atoms with Gasteiger partial charge in [-0.05, 0) is 32.4 Å². The number of hydrogen-bond acceptors (Lipinski definition) is 7. The van der Waals surface area contributed by atoms with Crippen molar-refractivity contribution in [1.82, 2.24) is 9.97 Å². The van der Waals surface area contributed by atoms with Crippen molar-refractivity contribution in [2.75, 3.05) is 30.0 Å². The van der Waals surface area contributed by atoms with Crippen molar-refractivity contribution in [1.29, 1.82) is 0 Å². The predicted molar refractivity (Wildman–Crippen MR) is 86.2 cm³/mol. The Morgan fingerprint density at radius 1 is 1.38 bits per heavy atom. The Morgan fingerprint density at radius 2 is 2.10 bits per heavy atom. The molecule has 0 bridgehead atoms. The standard InChI is InChI=1S/C13H21N5O2S/c1-4-7-14-12-16-9(2)10(18(19)20)11(17-12)15-8-13(21-3)5-6-13/h4-8H2,1-3H3,(H2,14,15,16,17). The van der Waals surface area contributed by atoms with Crippen molar-refractivity contribution in [2.24, 2.45) is 0 Å². The van der Waals surface area contributed by atoms with Crippen molar-refractivity contribution >= 4 is 29.2 Å². The molecular weight excluding hydrogens is 290 g/mol. The highest BCUT2D eigenvalue weighted by atomic mass is 32.2. The van der Waals surface area contributed by atoms with Crippen LogP contribution < -0.4 is 10.6 Å². The Labute approximate surface area is 128 Å². The van der Waals surface area contributed by atoms with Crippen molar-refractivity contribution in [3.05, 3.63) is 15.8 Å². The minimum Gasteiger partial charge on any atom is -0.363 e. The lowest BCUT2D eigenvalue weighted by Gasteiger charge is -2.15. The minimum absolute atomic E-state index is 0.0334. The van der Waals surface area contributed by atoms with Gasteiger partial charge in [0, 0.05) is 17.8 Å². The summed E-state index contributed by atoms with van der Waals surface area (Å²) in [7, 11) is 0. The molecule has 8 heteroatoms. The smallest absolute Gasteiger partial charge is 0.332 e. The number of nitro groups is 1. The van der Waals surface area contributed by atoms with E-state index in [-0.39, 0.29) is 10.4 Å². The van der Waals surface area contributed by atoms with Crippen LogP contribution in [0.25, 0.3) is 0 Å². The molecule has 0 aromatic carbocycles. The van der Waals surface area contributed by atoms with Crippen LogP contribution in [0.15, 0.2) is 0 Å². The Hall–Kier alpha value is -1.57. The lowest BCUT2D eigenvalue weighted by Crippen LogP contribution is -2.20. The summed E-state index contributed by atoms with van der Waals surface area (Å²) in [5.74, 6) is 0.753. The van der Waals surface area contributed by atoms with Crippen LogP contribution in [-0.4, -0.2) is 39.0 Å². The monoisotopic (exact) mass is 311 g/mol. The van der Waals surface area contributed by atoms with E-state index in [1.54, 1.807) is 18.7 Å². The number of thioether (sulfide) groups is 1. The van der Waals surface area contributed by atoms with E-state index >= 15 is 0 Å². The Kier molecular flexibility index (Phi) is 4.87. The summed E-state index contributed by atoms with van der Waals surface area (Å²) in [5.41, 5.74) is 0.346. The molecule has 0 unspecified atom stereocenters. The van der Waals surface area contributed by atoms with Crippen LogP contribution in [0.3, 0.4) is 0 Å². The highest BCUT2D eigenvalue weighted by molar-refractivity contribution is 8.00. The van der Waals surface area contributed by atoms with Gasteiger partial charge in [0.05, 0.1) is 4.92 Å². The van der Waals surface area contributed by atoms with Gasteiger partial charge in [-0.1, -0.05) is 6.92 Å². The van der Waals surface area contributed by atoms with E-state index in [0.29, 0.717) is 24.0 Å². The lowest BCUT2D eigenvalue weighted by atomic mass is 10.3. The summed E-state index contributed by atoms with van der Waals surface area (Å²) in [5, 5.41) is 17.5. The molecule has 0 aliphatic heterocycles. The molecule has 0 saturated heterocycles. The van der Waals surface area contributed by atoms with Crippen LogP contribution in [0.2, 0.25) is 0 Å². The Morgan fingerprint density at radius 3 is 2.62 bits per heavy atom. The van der Waals surface area contributed by atoms with E-state index in [1.807, 2.05) is 6.92 Å². The Bertz CT molecular complexity index is 534. The van der Waals surface area contributed by atoms with Crippen LogP contribution >= 0.6 is 11.8 Å². The highest BCUT2D eigenvalue weighted by Crippen LogP contribution is 2.47. The van der Waals surface area contributed by atoms with Crippen LogP contribution in [0.1, 0.15) is 31.9 Å². The first-order valence-corrected chi connectivity index (χ1v) is 8.30. The topological polar surface area (TPSA) is 93.0 Å². The van der Waals surface area contributed by atoms with Crippen molar-refractivity contribution in [3.63, 3.8) is 0 Å². The van der Waals surface area contributed by atoms with Gasteiger partial charge in [-0.3, -0.25) is 10.1 Å². The zero-order valence-corrected chi connectivity index (χ0v) is 13.4. The van der Waals surface area contributed by atoms with Gasteiger partial charge in [0.25, 0.3) is 0 Å². The number of aryl methyl sites for hydroxylation is 1. The van der Waals surface area contributed by atoms with Crippen LogP contribution in [0.4, 0.5) is 17.5 Å². The second kappa shape index (κ2) is 6.46. The van der Waals surface area contributed by atoms with Gasteiger partial charge >= 0.3 is 5.69 Å². The maximum atomic E-state index is 11.2. The average Bonchev–Trinajstić information content (AvgIpc) is 3.22. The number of anilines is 2. The zero-order chi connectivity index (χ0) is 15.5. The summed E-state index contributed by atoms with van der Waals surface area (Å²) >= 11 is 1.80. The van der Waals surface area contributed by atoms with Crippen LogP contribution in [-0.2, 0) is 0 Å². The van der Waals surface area contributed by atoms with Crippen LogP contribution in [0, 0.1) is 17.0 Å². The molecule has 2 rings (SSSR count). The number of aromatic nitrogens is 2. The molecule has 1 aliphatic carbocycles. The van der Waals surface area contributed by atoms with Crippen molar-refractivity contribution in [2.45, 2.75) is 37.9 Å². The SMILES string of the molecule is CCCNc1nc(C)c([N+](=O)[O-])c(NCC2(SC)CC2)n1. The van der Waals surface area contributed by atoms with Gasteiger partial charge < -0.3 is 10.6 Å². The normalized spacial score (nSPS) is 15.6. The molecule has 0 spiro atoms. The highest BCUT2D eigenvalue weighted by Gasteiger charge is 2.42. The summed E-state index contributed by atoms with van der Waals surface area (Å²) in [6.45, 7) is 5.12. The van der Waals surface area contributed by atoms with Gasteiger partial charge in [0.2, 0.25) is 11.8 Å². The molecule has 1 heterocycles. The molecule has 7 nitrogen and oxygen atoms in total. The lowest BCUT2D eigenvalue weighted by molar-refractivity contribution is -0.385. The average molecular weight is 311 g/mol. The molecule has 116 valence electrons. The molecule has 1 aromatic rings. The minimum atomic E-state index is -0.417. The fraction of sp³-hybridized carbons (Fsp3) is 0.692. The number of rotatable bonds is 8. The molecule has 1 aliphatic rings. The first-order valence-electron chi connectivity index (χ1n) is 7.07. The third-order valence-electron chi connectivity index (χ3n) is 3.59. The molecule has 0 atom stereocenters. The van der Waals surface area contributed by atoms with E-state index < -0.39 is 4.92 Å². The van der Waals surface area contributed by atoms with Gasteiger partial charge in [0.1, 0.15) is 5.69 Å². The fourth-order valence-corrected chi connectivity index (χ4v) is 2.79. The predicted octanol–water partition coefficient (Wildman–Crippen LogP) is 2.82. The molecule has 1 fully saturated rings. The van der Waals surface area contributed by atoms with E-state index in [0.717, 1.165) is 25.8 Å². The molecule has 21 heavy (non-hydrogen) atoms. The van der Waals surface area contributed by atoms with E-state index in [1.165, 1.54) is 0 Å². The summed E-state index contributed by atoms with van der Waals surface area (Å²) in [4.78, 5) is 19.3. The molecule has 1 saturated carbocycles. The van der Waals surface area contributed by atoms with Crippen molar-refractivity contribution < 1.29 is 4.92 Å². The molecule has 0 radical (unpaired) electrons. The maximum absolute atomic E-state index is 11.2. The first-order chi connectivity index (χ1) is 10.0. The fourth-order valence-electron chi connectivity index (χ4n) is 2.06. The third kappa shape index (κ3) is 3.75.